The van der Waals surface area contributed by atoms with E-state index in [1.54, 1.807) is 22.2 Å². The second kappa shape index (κ2) is 4.43. The van der Waals surface area contributed by atoms with Gasteiger partial charge in [-0.2, -0.15) is 10.1 Å². The molecule has 0 atom stereocenters. The van der Waals surface area contributed by atoms with E-state index < -0.39 is 0 Å². The first-order valence-electron chi connectivity index (χ1n) is 5.53. The molecule has 94 valence electrons. The monoisotopic (exact) mass is 263 g/mol. The molecule has 3 rings (SSSR count). The normalized spacial score (nSPS) is 11.2. The Balaban J connectivity index is 1.99. The summed E-state index contributed by atoms with van der Waals surface area (Å²) in [6.45, 7) is 0.702. The molecule has 18 heavy (non-hydrogen) atoms. The zero-order valence-electron chi connectivity index (χ0n) is 10.1. The number of hydrogen-bond donors (Lipinski definition) is 1. The summed E-state index contributed by atoms with van der Waals surface area (Å²) in [5, 5.41) is 9.21. The number of hydrogen-bond acceptors (Lipinski definition) is 5. The molecule has 0 aliphatic rings. The van der Waals surface area contributed by atoms with Crippen LogP contribution in [-0.2, 0) is 13.6 Å². The zero-order valence-corrected chi connectivity index (χ0v) is 10.9. The highest BCUT2D eigenvalue weighted by atomic mass is 32.1. The second-order valence-electron chi connectivity index (χ2n) is 3.90. The topological polar surface area (TPSA) is 56.4 Å². The fraction of sp³-hybridized carbons (Fsp3) is 0.273. The standard InChI is InChI=1S/C11H13N5OS/c1-12-6-9-10(14-11-16(9)3-4-18-11)17-8-5-13-15(2)7-8/h3-5,7,12H,6H2,1-2H3. The molecular weight excluding hydrogens is 250 g/mol. The molecule has 0 amide bonds. The Bertz CT molecular complexity index is 668. The highest BCUT2D eigenvalue weighted by molar-refractivity contribution is 7.15. The van der Waals surface area contributed by atoms with Crippen LogP contribution >= 0.6 is 11.3 Å². The van der Waals surface area contributed by atoms with Crippen molar-refractivity contribution in [2.45, 2.75) is 6.54 Å². The summed E-state index contributed by atoms with van der Waals surface area (Å²) < 4.78 is 9.51. The maximum Gasteiger partial charge on any atom is 0.243 e. The second-order valence-corrected chi connectivity index (χ2v) is 4.77. The van der Waals surface area contributed by atoms with E-state index in [4.69, 9.17) is 4.74 Å². The van der Waals surface area contributed by atoms with Gasteiger partial charge in [-0.3, -0.25) is 9.08 Å². The molecule has 3 aromatic rings. The van der Waals surface area contributed by atoms with E-state index in [9.17, 15) is 0 Å². The highest BCUT2D eigenvalue weighted by Gasteiger charge is 2.14. The minimum absolute atomic E-state index is 0.629. The van der Waals surface area contributed by atoms with Crippen LogP contribution in [0.15, 0.2) is 24.0 Å². The summed E-state index contributed by atoms with van der Waals surface area (Å²) in [6.07, 6.45) is 5.49. The molecule has 0 saturated heterocycles. The van der Waals surface area contributed by atoms with Crippen molar-refractivity contribution in [2.24, 2.45) is 7.05 Å². The van der Waals surface area contributed by atoms with Gasteiger partial charge in [0.25, 0.3) is 0 Å². The Kier molecular flexibility index (Phi) is 2.77. The van der Waals surface area contributed by atoms with Crippen molar-refractivity contribution in [2.75, 3.05) is 7.05 Å². The largest absolute Gasteiger partial charge is 0.434 e. The molecule has 0 aliphatic carbocycles. The van der Waals surface area contributed by atoms with Crippen LogP contribution in [0.1, 0.15) is 5.69 Å². The van der Waals surface area contributed by atoms with Crippen molar-refractivity contribution in [1.29, 1.82) is 0 Å². The van der Waals surface area contributed by atoms with Gasteiger partial charge in [0.05, 0.1) is 12.4 Å². The molecule has 0 aliphatic heterocycles. The van der Waals surface area contributed by atoms with Crippen LogP contribution in [0.4, 0.5) is 0 Å². The van der Waals surface area contributed by atoms with E-state index in [0.29, 0.717) is 18.2 Å². The Labute approximate surface area is 108 Å². The van der Waals surface area contributed by atoms with Crippen LogP contribution in [0.2, 0.25) is 0 Å². The van der Waals surface area contributed by atoms with Crippen LogP contribution in [-0.4, -0.2) is 26.2 Å². The number of nitrogens with zero attached hydrogens (tertiary/aromatic N) is 4. The quantitative estimate of drug-likeness (QED) is 0.777. The van der Waals surface area contributed by atoms with Gasteiger partial charge in [0.1, 0.15) is 5.69 Å². The van der Waals surface area contributed by atoms with E-state index >= 15 is 0 Å². The van der Waals surface area contributed by atoms with Crippen LogP contribution in [0.3, 0.4) is 0 Å². The maximum atomic E-state index is 5.78. The summed E-state index contributed by atoms with van der Waals surface area (Å²) in [6, 6.07) is 0. The first-order valence-corrected chi connectivity index (χ1v) is 6.41. The molecular formula is C11H13N5OS. The number of fused-ring (bicyclic) bond motifs is 1. The van der Waals surface area contributed by atoms with Crippen molar-refractivity contribution in [3.8, 4) is 11.6 Å². The van der Waals surface area contributed by atoms with Crippen LogP contribution in [0.5, 0.6) is 11.6 Å². The predicted molar refractivity (Wildman–Crippen MR) is 69.1 cm³/mol. The number of nitrogens with one attached hydrogen (secondary N) is 1. The minimum Gasteiger partial charge on any atom is -0.434 e. The molecule has 0 radical (unpaired) electrons. The van der Waals surface area contributed by atoms with Crippen molar-refractivity contribution >= 4 is 16.3 Å². The molecule has 0 bridgehead atoms. The number of aromatic nitrogens is 4. The molecule has 7 heteroatoms. The van der Waals surface area contributed by atoms with Crippen molar-refractivity contribution < 1.29 is 4.74 Å². The van der Waals surface area contributed by atoms with Gasteiger partial charge in [0.2, 0.25) is 5.88 Å². The third-order valence-corrected chi connectivity index (χ3v) is 3.32. The molecule has 0 saturated carbocycles. The van der Waals surface area contributed by atoms with Gasteiger partial charge >= 0.3 is 0 Å². The number of aryl methyl sites for hydroxylation is 1. The van der Waals surface area contributed by atoms with Crippen LogP contribution in [0, 0.1) is 0 Å². The summed E-state index contributed by atoms with van der Waals surface area (Å²) in [4.78, 5) is 5.41. The van der Waals surface area contributed by atoms with Crippen molar-refractivity contribution in [3.05, 3.63) is 29.7 Å². The van der Waals surface area contributed by atoms with Gasteiger partial charge in [0.15, 0.2) is 10.7 Å². The van der Waals surface area contributed by atoms with E-state index in [1.807, 2.05) is 36.3 Å². The third-order valence-electron chi connectivity index (χ3n) is 2.56. The fourth-order valence-corrected chi connectivity index (χ4v) is 2.51. The lowest BCUT2D eigenvalue weighted by Gasteiger charge is -2.03. The van der Waals surface area contributed by atoms with Gasteiger partial charge in [-0.25, -0.2) is 0 Å². The summed E-state index contributed by atoms with van der Waals surface area (Å²) in [7, 11) is 3.76. The van der Waals surface area contributed by atoms with Crippen molar-refractivity contribution in [1.82, 2.24) is 24.5 Å². The Morgan fingerprint density at radius 1 is 1.50 bits per heavy atom. The SMILES string of the molecule is CNCc1c(Oc2cnn(C)c2)nc2sccn12. The number of imidazole rings is 1. The number of thiazole rings is 1. The average Bonchev–Trinajstić information content (AvgIpc) is 3.00. The van der Waals surface area contributed by atoms with Crippen LogP contribution in [0.25, 0.3) is 4.96 Å². The molecule has 1 N–H and O–H groups in total. The van der Waals surface area contributed by atoms with Crippen molar-refractivity contribution in [3.63, 3.8) is 0 Å². The first-order chi connectivity index (χ1) is 8.78. The summed E-state index contributed by atoms with van der Waals surface area (Å²) in [5.41, 5.74) is 1.01. The van der Waals surface area contributed by atoms with E-state index in [-0.39, 0.29) is 0 Å². The van der Waals surface area contributed by atoms with Gasteiger partial charge in [0, 0.05) is 25.2 Å². The van der Waals surface area contributed by atoms with Gasteiger partial charge < -0.3 is 10.1 Å². The molecule has 0 spiro atoms. The molecule has 3 heterocycles. The number of ether oxygens (including phenoxy) is 1. The lowest BCUT2D eigenvalue weighted by Crippen LogP contribution is -2.08. The van der Waals surface area contributed by atoms with Gasteiger partial charge in [-0.1, -0.05) is 0 Å². The first kappa shape index (κ1) is 11.2. The molecule has 0 fully saturated rings. The Morgan fingerprint density at radius 3 is 3.11 bits per heavy atom. The number of rotatable bonds is 4. The van der Waals surface area contributed by atoms with E-state index in [0.717, 1.165) is 10.7 Å². The molecule has 0 unspecified atom stereocenters. The average molecular weight is 263 g/mol. The van der Waals surface area contributed by atoms with Gasteiger partial charge in [-0.15, -0.1) is 11.3 Å². The zero-order chi connectivity index (χ0) is 12.5. The Morgan fingerprint density at radius 2 is 2.39 bits per heavy atom. The van der Waals surface area contributed by atoms with E-state index in [1.165, 1.54) is 0 Å². The summed E-state index contributed by atoms with van der Waals surface area (Å²) in [5.74, 6) is 1.32. The fourth-order valence-electron chi connectivity index (χ4n) is 1.79. The van der Waals surface area contributed by atoms with E-state index in [2.05, 4.69) is 15.4 Å². The lowest BCUT2D eigenvalue weighted by molar-refractivity contribution is 0.456. The van der Waals surface area contributed by atoms with Gasteiger partial charge in [-0.05, 0) is 7.05 Å². The predicted octanol–water partition coefficient (Wildman–Crippen LogP) is 1.64. The molecule has 6 nitrogen and oxygen atoms in total. The highest BCUT2D eigenvalue weighted by Crippen LogP contribution is 2.27. The third kappa shape index (κ3) is 1.87. The Hall–Kier alpha value is -1.86. The van der Waals surface area contributed by atoms with Crippen LogP contribution < -0.4 is 10.1 Å². The smallest absolute Gasteiger partial charge is 0.243 e. The minimum atomic E-state index is 0.629. The lowest BCUT2D eigenvalue weighted by atomic mass is 10.4. The maximum absolute atomic E-state index is 5.78. The molecule has 3 aromatic heterocycles. The summed E-state index contributed by atoms with van der Waals surface area (Å²) >= 11 is 1.59. The molecule has 0 aromatic carbocycles.